The van der Waals surface area contributed by atoms with Crippen LogP contribution in [-0.2, 0) is 16.4 Å². The molecule has 0 heterocycles. The zero-order valence-corrected chi connectivity index (χ0v) is 24.7. The molecule has 1 atom stereocenters. The molecule has 1 aliphatic carbocycles. The number of amides is 3. The van der Waals surface area contributed by atoms with E-state index in [-0.39, 0.29) is 22.9 Å². The molecular weight excluding hydrogens is 548 g/mol. The Balaban J connectivity index is 1.38. The third kappa shape index (κ3) is 6.31. The van der Waals surface area contributed by atoms with Gasteiger partial charge in [-0.2, -0.15) is 0 Å². The van der Waals surface area contributed by atoms with Crippen molar-refractivity contribution in [3.8, 4) is 11.1 Å². The number of urea groups is 1. The van der Waals surface area contributed by atoms with Crippen LogP contribution in [0.5, 0.6) is 0 Å². The van der Waals surface area contributed by atoms with Crippen LogP contribution in [0.3, 0.4) is 0 Å². The molecule has 2 N–H and O–H groups in total. The van der Waals surface area contributed by atoms with E-state index < -0.39 is 10.0 Å². The van der Waals surface area contributed by atoms with E-state index in [1.807, 2.05) is 54.6 Å². The van der Waals surface area contributed by atoms with Gasteiger partial charge < -0.3 is 15.1 Å². The SMILES string of the molecule is CN(C)C(=O)c1cccc(-c2cccc(S(=O)(=O)Nc3ccc4c(c3)C(N(C)C(=O)Nc3ccccc3)CCC4)c2)c1. The molecule has 42 heavy (non-hydrogen) atoms. The van der Waals surface area contributed by atoms with E-state index in [0.29, 0.717) is 22.5 Å². The van der Waals surface area contributed by atoms with Crippen LogP contribution in [0, 0.1) is 0 Å². The number of carbonyl (C=O) groups is 2. The van der Waals surface area contributed by atoms with Crippen LogP contribution in [0.4, 0.5) is 16.2 Å². The van der Waals surface area contributed by atoms with Crippen LogP contribution in [0.25, 0.3) is 11.1 Å². The summed E-state index contributed by atoms with van der Waals surface area (Å²) in [5.74, 6) is -0.129. The van der Waals surface area contributed by atoms with Gasteiger partial charge in [0.1, 0.15) is 0 Å². The number of anilines is 2. The number of para-hydroxylation sites is 1. The van der Waals surface area contributed by atoms with Gasteiger partial charge in [0.15, 0.2) is 0 Å². The number of fused-ring (bicyclic) bond motifs is 1. The summed E-state index contributed by atoms with van der Waals surface area (Å²) in [4.78, 5) is 28.8. The molecule has 5 rings (SSSR count). The summed E-state index contributed by atoms with van der Waals surface area (Å²) < 4.78 is 29.7. The van der Waals surface area contributed by atoms with Crippen LogP contribution in [0.1, 0.15) is 40.4 Å². The van der Waals surface area contributed by atoms with Crippen molar-refractivity contribution in [2.75, 3.05) is 31.2 Å². The van der Waals surface area contributed by atoms with E-state index in [2.05, 4.69) is 10.0 Å². The molecule has 1 unspecified atom stereocenters. The number of hydrogen-bond acceptors (Lipinski definition) is 4. The molecule has 8 nitrogen and oxygen atoms in total. The highest BCUT2D eigenvalue weighted by atomic mass is 32.2. The third-order valence-corrected chi connectivity index (χ3v) is 8.87. The fourth-order valence-corrected chi connectivity index (χ4v) is 6.36. The smallest absolute Gasteiger partial charge is 0.322 e. The average molecular weight is 583 g/mol. The Morgan fingerprint density at radius 3 is 2.24 bits per heavy atom. The van der Waals surface area contributed by atoms with Crippen molar-refractivity contribution < 1.29 is 18.0 Å². The quantitative estimate of drug-likeness (QED) is 0.264. The Morgan fingerprint density at radius 1 is 0.786 bits per heavy atom. The second kappa shape index (κ2) is 12.1. The lowest BCUT2D eigenvalue weighted by atomic mass is 9.86. The Hall–Kier alpha value is -4.63. The van der Waals surface area contributed by atoms with Gasteiger partial charge in [-0.15, -0.1) is 0 Å². The average Bonchev–Trinajstić information content (AvgIpc) is 3.00. The summed E-state index contributed by atoms with van der Waals surface area (Å²) in [7, 11) is 1.22. The van der Waals surface area contributed by atoms with Crippen LogP contribution in [0.2, 0.25) is 0 Å². The Labute approximate surface area is 247 Å². The number of nitrogens with one attached hydrogen (secondary N) is 2. The van der Waals surface area contributed by atoms with E-state index in [0.717, 1.165) is 36.0 Å². The molecule has 1 aliphatic rings. The van der Waals surface area contributed by atoms with Crippen LogP contribution >= 0.6 is 0 Å². The Bertz CT molecular complexity index is 1720. The van der Waals surface area contributed by atoms with Crippen molar-refractivity contribution in [3.63, 3.8) is 0 Å². The largest absolute Gasteiger partial charge is 0.345 e. The summed E-state index contributed by atoms with van der Waals surface area (Å²) in [6, 6.07) is 28.2. The molecule has 4 aromatic rings. The van der Waals surface area contributed by atoms with Crippen molar-refractivity contribution in [1.82, 2.24) is 9.80 Å². The summed E-state index contributed by atoms with van der Waals surface area (Å²) in [6.45, 7) is 0. The minimum absolute atomic E-state index is 0.109. The van der Waals surface area contributed by atoms with Gasteiger partial charge in [0, 0.05) is 38.1 Å². The highest BCUT2D eigenvalue weighted by Gasteiger charge is 2.28. The van der Waals surface area contributed by atoms with Crippen LogP contribution in [-0.4, -0.2) is 51.3 Å². The molecule has 9 heteroatoms. The lowest BCUT2D eigenvalue weighted by Crippen LogP contribution is -2.36. The maximum absolute atomic E-state index is 13.5. The predicted octanol–water partition coefficient (Wildman–Crippen LogP) is 6.40. The Kier molecular flexibility index (Phi) is 8.31. The van der Waals surface area contributed by atoms with E-state index in [9.17, 15) is 18.0 Å². The standard InChI is InChI=1S/C33H34N4O4S/c1-36(2)32(38)26-13-7-11-24(20-26)25-12-8-16-29(21-25)42(40,41)35-28-19-18-23-10-9-17-31(30(23)22-28)37(3)33(39)34-27-14-5-4-6-15-27/h4-8,11-16,18-22,31,35H,9-10,17H2,1-3H3,(H,34,39). The normalized spacial score (nSPS) is 14.4. The number of rotatable bonds is 7. The van der Waals surface area contributed by atoms with Crippen molar-refractivity contribution in [2.45, 2.75) is 30.2 Å². The van der Waals surface area contributed by atoms with E-state index in [1.54, 1.807) is 68.5 Å². The van der Waals surface area contributed by atoms with Gasteiger partial charge in [0.05, 0.1) is 10.9 Å². The highest BCUT2D eigenvalue weighted by Crippen LogP contribution is 2.36. The fourth-order valence-electron chi connectivity index (χ4n) is 5.26. The molecule has 0 fully saturated rings. The van der Waals surface area contributed by atoms with Gasteiger partial charge >= 0.3 is 6.03 Å². The summed E-state index contributed by atoms with van der Waals surface area (Å²) in [6.07, 6.45) is 2.57. The van der Waals surface area contributed by atoms with Crippen LogP contribution < -0.4 is 10.0 Å². The maximum atomic E-state index is 13.5. The van der Waals surface area contributed by atoms with Gasteiger partial charge in [-0.1, -0.05) is 48.5 Å². The minimum Gasteiger partial charge on any atom is -0.345 e. The number of hydrogen-bond donors (Lipinski definition) is 2. The molecule has 3 amide bonds. The molecule has 0 saturated carbocycles. The summed E-state index contributed by atoms with van der Waals surface area (Å²) >= 11 is 0. The molecule has 0 saturated heterocycles. The van der Waals surface area contributed by atoms with Crippen LogP contribution in [0.15, 0.2) is 102 Å². The second-order valence-electron chi connectivity index (χ2n) is 10.6. The van der Waals surface area contributed by atoms with Gasteiger partial charge in [-0.3, -0.25) is 9.52 Å². The predicted molar refractivity (Wildman–Crippen MR) is 166 cm³/mol. The van der Waals surface area contributed by atoms with Gasteiger partial charge in [0.2, 0.25) is 0 Å². The van der Waals surface area contributed by atoms with Gasteiger partial charge in [-0.25, -0.2) is 13.2 Å². The monoisotopic (exact) mass is 582 g/mol. The van der Waals surface area contributed by atoms with Gasteiger partial charge in [-0.05, 0) is 90.0 Å². The fraction of sp³-hybridized carbons (Fsp3) is 0.212. The number of nitrogens with zero attached hydrogens (tertiary/aromatic N) is 2. The first-order chi connectivity index (χ1) is 20.1. The third-order valence-electron chi connectivity index (χ3n) is 7.49. The van der Waals surface area contributed by atoms with Crippen molar-refractivity contribution >= 4 is 33.3 Å². The molecule has 0 spiro atoms. The first-order valence-electron chi connectivity index (χ1n) is 13.8. The molecule has 0 aliphatic heterocycles. The lowest BCUT2D eigenvalue weighted by Gasteiger charge is -2.33. The number of sulfonamides is 1. The second-order valence-corrected chi connectivity index (χ2v) is 12.3. The highest BCUT2D eigenvalue weighted by molar-refractivity contribution is 7.92. The zero-order chi connectivity index (χ0) is 29.9. The number of benzene rings is 4. The lowest BCUT2D eigenvalue weighted by molar-refractivity contribution is 0.0827. The molecular formula is C33H34N4O4S. The van der Waals surface area contributed by atoms with Gasteiger partial charge in [0.25, 0.3) is 15.9 Å². The first-order valence-corrected chi connectivity index (χ1v) is 15.3. The number of aryl methyl sites for hydroxylation is 1. The zero-order valence-electron chi connectivity index (χ0n) is 23.9. The van der Waals surface area contributed by atoms with Crippen molar-refractivity contribution in [1.29, 1.82) is 0 Å². The molecule has 4 aromatic carbocycles. The number of carbonyl (C=O) groups excluding carboxylic acids is 2. The molecule has 0 aromatic heterocycles. The van der Waals surface area contributed by atoms with E-state index in [4.69, 9.17) is 0 Å². The minimum atomic E-state index is -3.92. The topological polar surface area (TPSA) is 98.8 Å². The first kappa shape index (κ1) is 28.9. The maximum Gasteiger partial charge on any atom is 0.322 e. The molecule has 216 valence electrons. The summed E-state index contributed by atoms with van der Waals surface area (Å²) in [5.41, 5.74) is 5.13. The molecule has 0 radical (unpaired) electrons. The van der Waals surface area contributed by atoms with Crippen molar-refractivity contribution in [3.05, 3.63) is 114 Å². The molecule has 0 bridgehead atoms. The van der Waals surface area contributed by atoms with Crippen molar-refractivity contribution in [2.24, 2.45) is 0 Å². The Morgan fingerprint density at radius 2 is 1.50 bits per heavy atom. The van der Waals surface area contributed by atoms with E-state index in [1.165, 1.54) is 4.90 Å². The van der Waals surface area contributed by atoms with E-state index >= 15 is 0 Å². The summed E-state index contributed by atoms with van der Waals surface area (Å²) in [5, 5.41) is 2.93.